The first-order chi connectivity index (χ1) is 30.0. The van der Waals surface area contributed by atoms with Gasteiger partial charge in [-0.25, -0.2) is 0 Å². The molecule has 0 aliphatic carbocycles. The summed E-state index contributed by atoms with van der Waals surface area (Å²) in [5.41, 5.74) is 8.65. The zero-order chi connectivity index (χ0) is 43.8. The third-order valence-corrected chi connectivity index (χ3v) is 10.4. The number of hydrogen-bond acceptors (Lipinski definition) is 13. The summed E-state index contributed by atoms with van der Waals surface area (Å²) >= 11 is 6.67. The van der Waals surface area contributed by atoms with Crippen LogP contribution in [0.15, 0.2) is 88.1 Å². The lowest BCUT2D eigenvalue weighted by molar-refractivity contribution is -0.136. The zero-order valence-electron chi connectivity index (χ0n) is 33.7. The van der Waals surface area contributed by atoms with Crippen molar-refractivity contribution in [2.45, 2.75) is 25.8 Å². The number of halogens is 1. The molecule has 0 bridgehead atoms. The SMILES string of the molecule is CCOc1cc2oc(-c3ccc(NCCOCCOCCOCCOc4cccc5c4C(=O)N(C4CCC(=O)NC4=O)C5=O)cc3Cl)cc(=O)c2cc1-c1cccc(C(N)=O)c1. The first kappa shape index (κ1) is 43.5. The lowest BCUT2D eigenvalue weighted by Crippen LogP contribution is -2.54. The molecule has 0 radical (unpaired) electrons. The molecule has 5 amide bonds. The fourth-order valence-electron chi connectivity index (χ4n) is 7.11. The highest BCUT2D eigenvalue weighted by Gasteiger charge is 2.46. The first-order valence-corrected chi connectivity index (χ1v) is 20.3. The van der Waals surface area contributed by atoms with E-state index >= 15 is 0 Å². The summed E-state index contributed by atoms with van der Waals surface area (Å²) in [6.45, 7) is 4.73. The summed E-state index contributed by atoms with van der Waals surface area (Å²) < 4.78 is 34.7. The van der Waals surface area contributed by atoms with Crippen molar-refractivity contribution in [2.24, 2.45) is 5.73 Å². The second-order valence-corrected chi connectivity index (χ2v) is 14.5. The van der Waals surface area contributed by atoms with E-state index in [1.54, 1.807) is 54.6 Å². The van der Waals surface area contributed by atoms with Gasteiger partial charge in [0.1, 0.15) is 35.5 Å². The fourth-order valence-corrected chi connectivity index (χ4v) is 7.38. The molecule has 0 spiro atoms. The molecule has 1 fully saturated rings. The summed E-state index contributed by atoms with van der Waals surface area (Å²) in [7, 11) is 0. The average molecular weight is 867 g/mol. The lowest BCUT2D eigenvalue weighted by atomic mass is 9.99. The maximum absolute atomic E-state index is 13.4. The number of amides is 5. The summed E-state index contributed by atoms with van der Waals surface area (Å²) in [5.74, 6) is -1.95. The Kier molecular flexibility index (Phi) is 13.9. The number of nitrogens with one attached hydrogen (secondary N) is 2. The molecule has 62 heavy (non-hydrogen) atoms. The van der Waals surface area contributed by atoms with Gasteiger partial charge in [-0.05, 0) is 67.4 Å². The lowest BCUT2D eigenvalue weighted by Gasteiger charge is -2.27. The molecule has 3 heterocycles. The van der Waals surface area contributed by atoms with E-state index in [-0.39, 0.29) is 48.4 Å². The van der Waals surface area contributed by atoms with E-state index in [2.05, 4.69) is 10.6 Å². The predicted octanol–water partition coefficient (Wildman–Crippen LogP) is 5.22. The third-order valence-electron chi connectivity index (χ3n) is 10.1. The van der Waals surface area contributed by atoms with Crippen LogP contribution >= 0.6 is 11.6 Å². The highest BCUT2D eigenvalue weighted by Crippen LogP contribution is 2.37. The van der Waals surface area contributed by atoms with Crippen molar-refractivity contribution in [2.75, 3.05) is 64.7 Å². The number of anilines is 1. The van der Waals surface area contributed by atoms with Crippen molar-refractivity contribution in [1.29, 1.82) is 0 Å². The van der Waals surface area contributed by atoms with E-state index in [1.165, 1.54) is 12.1 Å². The van der Waals surface area contributed by atoms with Crippen molar-refractivity contribution >= 4 is 57.8 Å². The number of fused-ring (bicyclic) bond motifs is 2. The van der Waals surface area contributed by atoms with E-state index in [4.69, 9.17) is 45.4 Å². The number of imide groups is 2. The Bertz CT molecular complexity index is 2590. The number of nitrogens with two attached hydrogens (primary N) is 1. The Hall–Kier alpha value is -6.59. The van der Waals surface area contributed by atoms with Gasteiger partial charge in [0.25, 0.3) is 11.8 Å². The largest absolute Gasteiger partial charge is 0.493 e. The smallest absolute Gasteiger partial charge is 0.266 e. The van der Waals surface area contributed by atoms with Crippen LogP contribution in [0.4, 0.5) is 5.69 Å². The van der Waals surface area contributed by atoms with Gasteiger partial charge in [-0.15, -0.1) is 0 Å². The standard InChI is InChI=1S/C45H43ClN4O12/c1-2-60-37-25-39-32(23-31(37)26-5-3-6-27(21-26)42(47)53)35(51)24-38(62-39)29-10-9-28(22-33(29)46)48-13-14-57-15-16-58-17-18-59-19-20-61-36-8-4-7-30-41(36)45(56)50(44(30)55)34-11-12-40(52)49-43(34)54/h3-10,21-25,34,48H,2,11-20H2,1H3,(H2,47,53)(H,49,52,54). The van der Waals surface area contributed by atoms with Crippen molar-refractivity contribution in [3.63, 3.8) is 0 Å². The maximum Gasteiger partial charge on any atom is 0.266 e. The average Bonchev–Trinajstić information content (AvgIpc) is 3.51. The van der Waals surface area contributed by atoms with E-state index in [1.807, 2.05) is 19.1 Å². The second kappa shape index (κ2) is 19.9. The quantitative estimate of drug-likeness (QED) is 0.0677. The highest BCUT2D eigenvalue weighted by molar-refractivity contribution is 6.33. The second-order valence-electron chi connectivity index (χ2n) is 14.1. The Labute approximate surface area is 360 Å². The molecule has 322 valence electrons. The van der Waals surface area contributed by atoms with Crippen LogP contribution in [0.3, 0.4) is 0 Å². The number of nitrogens with zero attached hydrogens (tertiary/aromatic N) is 1. The van der Waals surface area contributed by atoms with Crippen LogP contribution in [-0.2, 0) is 23.8 Å². The van der Waals surface area contributed by atoms with Gasteiger partial charge < -0.3 is 39.2 Å². The Balaban J connectivity index is 0.806. The Morgan fingerprint density at radius 3 is 2.27 bits per heavy atom. The molecule has 16 nitrogen and oxygen atoms in total. The van der Waals surface area contributed by atoms with Gasteiger partial charge >= 0.3 is 0 Å². The predicted molar refractivity (Wildman–Crippen MR) is 228 cm³/mol. The van der Waals surface area contributed by atoms with Crippen LogP contribution < -0.4 is 31.3 Å². The van der Waals surface area contributed by atoms with Gasteiger partial charge in [0.05, 0.1) is 67.8 Å². The number of rotatable bonds is 20. The molecule has 17 heteroatoms. The fraction of sp³-hybridized carbons (Fsp3) is 0.289. The molecule has 2 aliphatic rings. The van der Waals surface area contributed by atoms with Crippen molar-refractivity contribution in [3.8, 4) is 33.9 Å². The van der Waals surface area contributed by atoms with Gasteiger partial charge in [-0.2, -0.15) is 0 Å². The summed E-state index contributed by atoms with van der Waals surface area (Å²) in [5, 5.41) is 6.15. The number of carbonyl (C=O) groups excluding carboxylic acids is 5. The number of hydrogen-bond donors (Lipinski definition) is 3. The van der Waals surface area contributed by atoms with E-state index in [0.717, 1.165) is 10.6 Å². The monoisotopic (exact) mass is 866 g/mol. The van der Waals surface area contributed by atoms with Crippen LogP contribution in [-0.4, -0.2) is 99.9 Å². The molecule has 1 atom stereocenters. The topological polar surface area (TPSA) is 215 Å². The molecule has 1 saturated heterocycles. The maximum atomic E-state index is 13.4. The van der Waals surface area contributed by atoms with Crippen LogP contribution in [0.2, 0.25) is 5.02 Å². The van der Waals surface area contributed by atoms with Gasteiger partial charge in [-0.3, -0.25) is 39.0 Å². The third kappa shape index (κ3) is 9.79. The number of benzene rings is 4. The van der Waals surface area contributed by atoms with Crippen LogP contribution in [0.5, 0.6) is 11.5 Å². The van der Waals surface area contributed by atoms with E-state index in [0.29, 0.717) is 95.9 Å². The number of carbonyl (C=O) groups is 5. The summed E-state index contributed by atoms with van der Waals surface area (Å²) in [6, 6.07) is 20.5. The molecule has 7 rings (SSSR count). The molecular weight excluding hydrogens is 824 g/mol. The van der Waals surface area contributed by atoms with Gasteiger partial charge in [0.15, 0.2) is 5.43 Å². The van der Waals surface area contributed by atoms with Crippen LogP contribution in [0, 0.1) is 0 Å². The molecule has 4 aromatic carbocycles. The van der Waals surface area contributed by atoms with Crippen LogP contribution in [0.25, 0.3) is 33.4 Å². The van der Waals surface area contributed by atoms with E-state index in [9.17, 15) is 28.8 Å². The number of primary amides is 1. The molecule has 5 aromatic rings. The molecule has 0 saturated carbocycles. The number of ether oxygens (including phenoxy) is 5. The number of piperidine rings is 1. The van der Waals surface area contributed by atoms with Crippen molar-refractivity contribution in [1.82, 2.24) is 10.2 Å². The Morgan fingerprint density at radius 2 is 1.55 bits per heavy atom. The molecule has 2 aliphatic heterocycles. The van der Waals surface area contributed by atoms with Gasteiger partial charge in [0, 0.05) is 47.5 Å². The minimum absolute atomic E-state index is 0.0348. The normalized spacial score (nSPS) is 14.9. The summed E-state index contributed by atoms with van der Waals surface area (Å²) in [4.78, 5) is 76.1. The minimum atomic E-state index is -1.06. The summed E-state index contributed by atoms with van der Waals surface area (Å²) in [6.07, 6.45) is 0.102. The minimum Gasteiger partial charge on any atom is -0.493 e. The van der Waals surface area contributed by atoms with Gasteiger partial charge in [0.2, 0.25) is 17.7 Å². The Morgan fingerprint density at radius 1 is 0.806 bits per heavy atom. The molecule has 4 N–H and O–H groups in total. The molecular formula is C45H43ClN4O12. The zero-order valence-corrected chi connectivity index (χ0v) is 34.4. The highest BCUT2D eigenvalue weighted by atomic mass is 35.5. The van der Waals surface area contributed by atoms with Crippen molar-refractivity contribution in [3.05, 3.63) is 111 Å². The van der Waals surface area contributed by atoms with Crippen molar-refractivity contribution < 1.29 is 52.1 Å². The van der Waals surface area contributed by atoms with E-state index < -0.39 is 35.6 Å². The first-order valence-electron chi connectivity index (χ1n) is 19.9. The molecule has 1 unspecified atom stereocenters. The van der Waals surface area contributed by atoms with Crippen LogP contribution in [0.1, 0.15) is 50.8 Å². The molecule has 1 aromatic heterocycles. The van der Waals surface area contributed by atoms with Gasteiger partial charge in [-0.1, -0.05) is 29.8 Å².